The second kappa shape index (κ2) is 6.92. The molecule has 1 aromatic rings. The van der Waals surface area contributed by atoms with Crippen LogP contribution in [0.5, 0.6) is 0 Å². The van der Waals surface area contributed by atoms with Crippen molar-refractivity contribution in [1.82, 2.24) is 10.4 Å². The zero-order valence-corrected chi connectivity index (χ0v) is 14.2. The summed E-state index contributed by atoms with van der Waals surface area (Å²) in [6.07, 6.45) is -0.417. The highest BCUT2D eigenvalue weighted by molar-refractivity contribution is 14.1. The van der Waals surface area contributed by atoms with Crippen LogP contribution in [0.3, 0.4) is 0 Å². The van der Waals surface area contributed by atoms with Crippen molar-refractivity contribution in [2.75, 3.05) is 7.05 Å². The zero-order chi connectivity index (χ0) is 15.3. The van der Waals surface area contributed by atoms with Crippen molar-refractivity contribution in [3.8, 4) is 0 Å². The lowest BCUT2D eigenvalue weighted by Gasteiger charge is -2.23. The first-order valence-corrected chi connectivity index (χ1v) is 7.26. The van der Waals surface area contributed by atoms with E-state index in [4.69, 9.17) is 4.74 Å². The standard InChI is InChI=1S/C14H19IN2O3/c1-14(2,3)20-13(19)16-17(4)12(18)9-10-6-5-7-11(15)8-10/h5-8H,9H2,1-4H3,(H,16,19). The molecule has 0 fully saturated rings. The van der Waals surface area contributed by atoms with Crippen LogP contribution >= 0.6 is 22.6 Å². The first kappa shape index (κ1) is 16.7. The Labute approximate surface area is 132 Å². The first-order valence-electron chi connectivity index (χ1n) is 6.18. The van der Waals surface area contributed by atoms with E-state index in [1.165, 1.54) is 7.05 Å². The number of hydrogen-bond donors (Lipinski definition) is 1. The third-order valence-corrected chi connectivity index (χ3v) is 2.95. The molecular formula is C14H19IN2O3. The van der Waals surface area contributed by atoms with E-state index in [0.717, 1.165) is 14.1 Å². The van der Waals surface area contributed by atoms with Crippen LogP contribution in [0.1, 0.15) is 26.3 Å². The number of nitrogens with one attached hydrogen (secondary N) is 1. The minimum Gasteiger partial charge on any atom is -0.443 e. The number of amides is 2. The summed E-state index contributed by atoms with van der Waals surface area (Å²) in [6, 6.07) is 7.66. The van der Waals surface area contributed by atoms with Crippen LogP contribution < -0.4 is 5.43 Å². The van der Waals surface area contributed by atoms with Gasteiger partial charge in [-0.25, -0.2) is 10.2 Å². The normalized spacial score (nSPS) is 10.8. The van der Waals surface area contributed by atoms with Crippen molar-refractivity contribution in [2.45, 2.75) is 32.8 Å². The summed E-state index contributed by atoms with van der Waals surface area (Å²) in [5, 5.41) is 1.15. The molecule has 0 aliphatic rings. The maximum atomic E-state index is 12.0. The number of hydrazine groups is 1. The van der Waals surface area contributed by atoms with Crippen molar-refractivity contribution in [2.24, 2.45) is 0 Å². The fraction of sp³-hybridized carbons (Fsp3) is 0.429. The quantitative estimate of drug-likeness (QED) is 0.624. The second-order valence-electron chi connectivity index (χ2n) is 5.37. The summed E-state index contributed by atoms with van der Waals surface area (Å²) < 4.78 is 6.15. The van der Waals surface area contributed by atoms with Gasteiger partial charge in [-0.05, 0) is 61.1 Å². The Morgan fingerprint density at radius 1 is 1.35 bits per heavy atom. The number of carbonyl (C=O) groups is 2. The van der Waals surface area contributed by atoms with Crippen molar-refractivity contribution in [1.29, 1.82) is 0 Å². The molecule has 5 nitrogen and oxygen atoms in total. The number of ether oxygens (including phenoxy) is 1. The molecule has 0 spiro atoms. The molecule has 1 aromatic carbocycles. The first-order chi connectivity index (χ1) is 9.17. The van der Waals surface area contributed by atoms with Gasteiger partial charge in [0.05, 0.1) is 6.42 Å². The van der Waals surface area contributed by atoms with Gasteiger partial charge in [0.15, 0.2) is 0 Å². The highest BCUT2D eigenvalue weighted by Gasteiger charge is 2.19. The summed E-state index contributed by atoms with van der Waals surface area (Å²) in [4.78, 5) is 23.5. The number of halogens is 1. The lowest BCUT2D eigenvalue weighted by Crippen LogP contribution is -2.46. The number of hydrogen-bond acceptors (Lipinski definition) is 3. The van der Waals surface area contributed by atoms with Crippen molar-refractivity contribution >= 4 is 34.6 Å². The van der Waals surface area contributed by atoms with Gasteiger partial charge in [0.25, 0.3) is 0 Å². The van der Waals surface area contributed by atoms with Gasteiger partial charge in [0.1, 0.15) is 5.60 Å². The van der Waals surface area contributed by atoms with Gasteiger partial charge < -0.3 is 4.74 Å². The smallest absolute Gasteiger partial charge is 0.426 e. The van der Waals surface area contributed by atoms with Gasteiger partial charge in [0.2, 0.25) is 5.91 Å². The molecule has 2 amide bonds. The maximum absolute atomic E-state index is 12.0. The van der Waals surface area contributed by atoms with Crippen LogP contribution in [0.4, 0.5) is 4.79 Å². The van der Waals surface area contributed by atoms with Gasteiger partial charge in [0, 0.05) is 10.6 Å². The third kappa shape index (κ3) is 6.23. The van der Waals surface area contributed by atoms with Gasteiger partial charge in [-0.15, -0.1) is 0 Å². The van der Waals surface area contributed by atoms with E-state index in [-0.39, 0.29) is 12.3 Å². The molecule has 0 unspecified atom stereocenters. The fourth-order valence-electron chi connectivity index (χ4n) is 1.44. The molecule has 6 heteroatoms. The van der Waals surface area contributed by atoms with E-state index in [9.17, 15) is 9.59 Å². The molecule has 0 radical (unpaired) electrons. The lowest BCUT2D eigenvalue weighted by atomic mass is 10.1. The van der Waals surface area contributed by atoms with Crippen LogP contribution in [0.25, 0.3) is 0 Å². The molecule has 0 saturated carbocycles. The predicted molar refractivity (Wildman–Crippen MR) is 85.0 cm³/mol. The summed E-state index contributed by atoms with van der Waals surface area (Å²) in [5.41, 5.74) is 2.70. The molecule has 1 N–H and O–H groups in total. The maximum Gasteiger partial charge on any atom is 0.426 e. The number of nitrogens with zero attached hydrogens (tertiary/aromatic N) is 1. The van der Waals surface area contributed by atoms with Gasteiger partial charge >= 0.3 is 6.09 Å². The molecule has 0 bridgehead atoms. The van der Waals surface area contributed by atoms with Crippen LogP contribution in [-0.2, 0) is 16.0 Å². The van der Waals surface area contributed by atoms with E-state index in [1.54, 1.807) is 20.8 Å². The number of carbonyl (C=O) groups excluding carboxylic acids is 2. The molecule has 0 aromatic heterocycles. The lowest BCUT2D eigenvalue weighted by molar-refractivity contribution is -0.131. The van der Waals surface area contributed by atoms with E-state index < -0.39 is 11.7 Å². The largest absolute Gasteiger partial charge is 0.443 e. The van der Waals surface area contributed by atoms with Crippen LogP contribution in [0.15, 0.2) is 24.3 Å². The van der Waals surface area contributed by atoms with E-state index in [1.807, 2.05) is 24.3 Å². The van der Waals surface area contributed by atoms with Gasteiger partial charge in [-0.3, -0.25) is 9.80 Å². The molecule has 1 rings (SSSR count). The Balaban J connectivity index is 2.53. The highest BCUT2D eigenvalue weighted by atomic mass is 127. The minimum absolute atomic E-state index is 0.210. The molecule has 0 atom stereocenters. The summed E-state index contributed by atoms with van der Waals surface area (Å²) in [5.74, 6) is -0.210. The topological polar surface area (TPSA) is 58.6 Å². The zero-order valence-electron chi connectivity index (χ0n) is 12.1. The van der Waals surface area contributed by atoms with Crippen molar-refractivity contribution in [3.63, 3.8) is 0 Å². The Morgan fingerprint density at radius 2 is 2.00 bits per heavy atom. The Hall–Kier alpha value is -1.31. The average Bonchev–Trinajstić information content (AvgIpc) is 2.25. The Bertz CT molecular complexity index is 497. The van der Waals surface area contributed by atoms with Crippen molar-refractivity contribution < 1.29 is 14.3 Å². The molecule has 0 saturated heterocycles. The molecule has 0 aliphatic heterocycles. The average molecular weight is 390 g/mol. The summed E-state index contributed by atoms with van der Waals surface area (Å²) >= 11 is 2.19. The molecular weight excluding hydrogens is 371 g/mol. The van der Waals surface area contributed by atoms with Crippen LogP contribution in [0, 0.1) is 3.57 Å². The Kier molecular flexibility index (Phi) is 5.79. The van der Waals surface area contributed by atoms with Gasteiger partial charge in [-0.1, -0.05) is 12.1 Å². The van der Waals surface area contributed by atoms with E-state index in [2.05, 4.69) is 28.0 Å². The number of rotatable bonds is 2. The van der Waals surface area contributed by atoms with Crippen molar-refractivity contribution in [3.05, 3.63) is 33.4 Å². The minimum atomic E-state index is -0.643. The van der Waals surface area contributed by atoms with E-state index in [0.29, 0.717) is 0 Å². The van der Waals surface area contributed by atoms with Crippen LogP contribution in [-0.4, -0.2) is 29.7 Å². The summed E-state index contributed by atoms with van der Waals surface area (Å²) in [7, 11) is 1.50. The highest BCUT2D eigenvalue weighted by Crippen LogP contribution is 2.09. The fourth-order valence-corrected chi connectivity index (χ4v) is 2.05. The SMILES string of the molecule is CN(NC(=O)OC(C)(C)C)C(=O)Cc1cccc(I)c1. The number of likely N-dealkylation sites (N-methyl/N-ethyl adjacent to an activating group) is 1. The second-order valence-corrected chi connectivity index (χ2v) is 6.62. The molecule has 20 heavy (non-hydrogen) atoms. The Morgan fingerprint density at radius 3 is 2.55 bits per heavy atom. The molecule has 0 heterocycles. The number of benzene rings is 1. The monoisotopic (exact) mass is 390 g/mol. The van der Waals surface area contributed by atoms with Crippen LogP contribution in [0.2, 0.25) is 0 Å². The van der Waals surface area contributed by atoms with Gasteiger partial charge in [-0.2, -0.15) is 0 Å². The third-order valence-electron chi connectivity index (χ3n) is 2.28. The molecule has 0 aliphatic carbocycles. The molecule has 110 valence electrons. The van der Waals surface area contributed by atoms with E-state index >= 15 is 0 Å². The predicted octanol–water partition coefficient (Wildman–Crippen LogP) is 2.73. The summed E-state index contributed by atoms with van der Waals surface area (Å²) in [6.45, 7) is 5.29.